The standard InChI is InChI=1S/C11H11N7O2S/c1-7(2)17-11(13-14-15-17)21-9-10(18(19)20)16-6-4-3-5-8(16)12-9/h3-7H,1-2H3. The lowest BCUT2D eigenvalue weighted by Crippen LogP contribution is -2.04. The van der Waals surface area contributed by atoms with E-state index in [9.17, 15) is 10.1 Å². The van der Waals surface area contributed by atoms with Crippen molar-refractivity contribution in [3.63, 3.8) is 0 Å². The molecule has 0 aromatic carbocycles. The topological polar surface area (TPSA) is 104 Å². The summed E-state index contributed by atoms with van der Waals surface area (Å²) in [5, 5.41) is 23.4. The Hall–Kier alpha value is -2.49. The number of imidazole rings is 1. The van der Waals surface area contributed by atoms with Crippen molar-refractivity contribution < 1.29 is 4.92 Å². The molecule has 3 aromatic rings. The van der Waals surface area contributed by atoms with Gasteiger partial charge in [-0.25, -0.2) is 4.68 Å². The fourth-order valence-corrected chi connectivity index (χ4v) is 2.85. The van der Waals surface area contributed by atoms with Crippen LogP contribution in [0.2, 0.25) is 0 Å². The average Bonchev–Trinajstić information content (AvgIpc) is 3.02. The number of hydrogen-bond donors (Lipinski definition) is 0. The van der Waals surface area contributed by atoms with Crippen LogP contribution in [0.4, 0.5) is 5.82 Å². The first-order valence-electron chi connectivity index (χ1n) is 6.15. The van der Waals surface area contributed by atoms with Crippen molar-refractivity contribution >= 4 is 23.2 Å². The number of tetrazole rings is 1. The number of rotatable bonds is 4. The van der Waals surface area contributed by atoms with Crippen molar-refractivity contribution in [2.45, 2.75) is 30.1 Å². The van der Waals surface area contributed by atoms with Gasteiger partial charge in [0.15, 0.2) is 0 Å². The van der Waals surface area contributed by atoms with Crippen molar-refractivity contribution in [3.05, 3.63) is 34.5 Å². The summed E-state index contributed by atoms with van der Waals surface area (Å²) >= 11 is 1.08. The van der Waals surface area contributed by atoms with Gasteiger partial charge < -0.3 is 10.1 Å². The maximum absolute atomic E-state index is 11.3. The molecule has 0 bridgehead atoms. The van der Waals surface area contributed by atoms with E-state index in [4.69, 9.17) is 0 Å². The van der Waals surface area contributed by atoms with Gasteiger partial charge in [0.2, 0.25) is 15.8 Å². The van der Waals surface area contributed by atoms with Crippen molar-refractivity contribution in [2.75, 3.05) is 0 Å². The Kier molecular flexibility index (Phi) is 3.29. The minimum Gasteiger partial charge on any atom is -0.358 e. The summed E-state index contributed by atoms with van der Waals surface area (Å²) in [5.74, 6) is -0.0890. The molecule has 3 heterocycles. The summed E-state index contributed by atoms with van der Waals surface area (Å²) in [4.78, 5) is 15.1. The Morgan fingerprint density at radius 1 is 1.38 bits per heavy atom. The third kappa shape index (κ3) is 2.33. The van der Waals surface area contributed by atoms with Crippen LogP contribution in [0.15, 0.2) is 34.6 Å². The number of nitrogens with zero attached hydrogens (tertiary/aromatic N) is 7. The largest absolute Gasteiger partial charge is 0.362 e. The molecule has 0 aliphatic carbocycles. The fourth-order valence-electron chi connectivity index (χ4n) is 1.86. The highest BCUT2D eigenvalue weighted by molar-refractivity contribution is 7.99. The average molecular weight is 305 g/mol. The first kappa shape index (κ1) is 13.5. The molecule has 0 saturated heterocycles. The second kappa shape index (κ2) is 5.13. The van der Waals surface area contributed by atoms with Crippen LogP contribution in [-0.2, 0) is 0 Å². The molecule has 0 spiro atoms. The van der Waals surface area contributed by atoms with Crippen LogP contribution in [0.3, 0.4) is 0 Å². The van der Waals surface area contributed by atoms with Crippen molar-refractivity contribution in [1.82, 2.24) is 29.6 Å². The first-order valence-corrected chi connectivity index (χ1v) is 6.96. The molecule has 3 rings (SSSR count). The van der Waals surface area contributed by atoms with Gasteiger partial charge in [0.25, 0.3) is 0 Å². The van der Waals surface area contributed by atoms with Crippen molar-refractivity contribution in [1.29, 1.82) is 0 Å². The molecule has 0 N–H and O–H groups in total. The van der Waals surface area contributed by atoms with Gasteiger partial charge in [-0.3, -0.25) is 0 Å². The highest BCUT2D eigenvalue weighted by atomic mass is 32.2. The number of aromatic nitrogens is 6. The van der Waals surface area contributed by atoms with Crippen LogP contribution in [0.25, 0.3) is 5.65 Å². The lowest BCUT2D eigenvalue weighted by Gasteiger charge is -2.05. The van der Waals surface area contributed by atoms with Gasteiger partial charge in [-0.05, 0) is 47.0 Å². The zero-order chi connectivity index (χ0) is 15.0. The van der Waals surface area contributed by atoms with Gasteiger partial charge in [-0.15, -0.1) is 5.10 Å². The number of pyridine rings is 1. The van der Waals surface area contributed by atoms with E-state index in [1.807, 2.05) is 13.8 Å². The van der Waals surface area contributed by atoms with Crippen LogP contribution < -0.4 is 0 Å². The number of hydrogen-bond acceptors (Lipinski definition) is 7. The van der Waals surface area contributed by atoms with Gasteiger partial charge in [0.05, 0.1) is 12.2 Å². The van der Waals surface area contributed by atoms with Crippen LogP contribution in [0.5, 0.6) is 0 Å². The van der Waals surface area contributed by atoms with E-state index in [1.165, 1.54) is 4.40 Å². The monoisotopic (exact) mass is 305 g/mol. The summed E-state index contributed by atoms with van der Waals surface area (Å²) in [6.07, 6.45) is 1.61. The lowest BCUT2D eigenvalue weighted by atomic mass is 10.4. The third-order valence-corrected chi connectivity index (χ3v) is 3.71. The van der Waals surface area contributed by atoms with Crippen molar-refractivity contribution in [3.8, 4) is 0 Å². The molecule has 0 unspecified atom stereocenters. The normalized spacial score (nSPS) is 11.4. The van der Waals surface area contributed by atoms with E-state index in [0.717, 1.165) is 11.8 Å². The van der Waals surface area contributed by atoms with E-state index < -0.39 is 4.92 Å². The zero-order valence-electron chi connectivity index (χ0n) is 11.2. The molecule has 0 aliphatic rings. The Morgan fingerprint density at radius 3 is 2.90 bits per heavy atom. The third-order valence-electron chi connectivity index (χ3n) is 2.79. The highest BCUT2D eigenvalue weighted by Gasteiger charge is 2.25. The highest BCUT2D eigenvalue weighted by Crippen LogP contribution is 2.34. The van der Waals surface area contributed by atoms with Gasteiger partial charge in [-0.2, -0.15) is 9.38 Å². The SMILES string of the molecule is CC(C)n1nnnc1Sc1nc2ccccn2c1[N+](=O)[O-]. The minimum absolute atomic E-state index is 0.0542. The van der Waals surface area contributed by atoms with E-state index in [-0.39, 0.29) is 16.9 Å². The van der Waals surface area contributed by atoms with Crippen LogP contribution in [0, 0.1) is 10.1 Å². The molecule has 0 amide bonds. The predicted octanol–water partition coefficient (Wildman–Crippen LogP) is 1.96. The molecule has 10 heteroatoms. The summed E-state index contributed by atoms with van der Waals surface area (Å²) in [6.45, 7) is 3.86. The maximum Gasteiger partial charge on any atom is 0.362 e. The van der Waals surface area contributed by atoms with Crippen molar-refractivity contribution in [2.24, 2.45) is 0 Å². The molecule has 0 radical (unpaired) electrons. The van der Waals surface area contributed by atoms with E-state index in [2.05, 4.69) is 20.5 Å². The maximum atomic E-state index is 11.3. The molecule has 21 heavy (non-hydrogen) atoms. The number of fused-ring (bicyclic) bond motifs is 1. The summed E-state index contributed by atoms with van der Waals surface area (Å²) in [5.41, 5.74) is 0.510. The van der Waals surface area contributed by atoms with Gasteiger partial charge in [0, 0.05) is 6.07 Å². The summed E-state index contributed by atoms with van der Waals surface area (Å²) < 4.78 is 3.03. The Labute approximate surface area is 123 Å². The molecule has 0 atom stereocenters. The van der Waals surface area contributed by atoms with Crippen LogP contribution in [0.1, 0.15) is 19.9 Å². The zero-order valence-corrected chi connectivity index (χ0v) is 12.1. The molecule has 0 fully saturated rings. The summed E-state index contributed by atoms with van der Waals surface area (Å²) in [7, 11) is 0. The summed E-state index contributed by atoms with van der Waals surface area (Å²) in [6, 6.07) is 5.26. The molecule has 3 aromatic heterocycles. The molecule has 0 saturated carbocycles. The Balaban J connectivity index is 2.10. The Morgan fingerprint density at radius 2 is 2.19 bits per heavy atom. The van der Waals surface area contributed by atoms with Crippen LogP contribution in [-0.4, -0.2) is 34.5 Å². The lowest BCUT2D eigenvalue weighted by molar-refractivity contribution is -0.393. The molecular formula is C11H11N7O2S. The molecule has 108 valence electrons. The van der Waals surface area contributed by atoms with E-state index in [0.29, 0.717) is 10.8 Å². The van der Waals surface area contributed by atoms with Gasteiger partial charge in [-0.1, -0.05) is 6.07 Å². The smallest absolute Gasteiger partial charge is 0.358 e. The van der Waals surface area contributed by atoms with E-state index >= 15 is 0 Å². The quantitative estimate of drug-likeness (QED) is 0.536. The first-order chi connectivity index (χ1) is 10.1. The van der Waals surface area contributed by atoms with Gasteiger partial charge >= 0.3 is 5.82 Å². The number of nitro groups is 1. The minimum atomic E-state index is -0.453. The molecule has 0 aliphatic heterocycles. The predicted molar refractivity (Wildman–Crippen MR) is 74.2 cm³/mol. The molecule has 9 nitrogen and oxygen atoms in total. The van der Waals surface area contributed by atoms with Crippen LogP contribution >= 0.6 is 11.8 Å². The van der Waals surface area contributed by atoms with E-state index in [1.54, 1.807) is 29.1 Å². The second-order valence-electron chi connectivity index (χ2n) is 4.53. The second-order valence-corrected chi connectivity index (χ2v) is 5.48. The van der Waals surface area contributed by atoms with Gasteiger partial charge in [0.1, 0.15) is 0 Å². The Bertz CT molecular complexity index is 810. The fraction of sp³-hybridized carbons (Fsp3) is 0.273. The molecular weight excluding hydrogens is 294 g/mol.